The van der Waals surface area contributed by atoms with Gasteiger partial charge in [-0.25, -0.2) is 0 Å². The smallest absolute Gasteiger partial charge is 0.307 e. The Morgan fingerprint density at radius 3 is 2.62 bits per heavy atom. The zero-order chi connectivity index (χ0) is 12.4. The van der Waals surface area contributed by atoms with Crippen LogP contribution in [0, 0.1) is 0 Å². The molecular formula is C11H19NO4. The monoisotopic (exact) mass is 229 g/mol. The highest BCUT2D eigenvalue weighted by molar-refractivity contribution is 5.86. The third-order valence-electron chi connectivity index (χ3n) is 1.78. The van der Waals surface area contributed by atoms with E-state index in [1.807, 2.05) is 6.92 Å². The van der Waals surface area contributed by atoms with E-state index in [1.54, 1.807) is 6.92 Å². The fraction of sp³-hybridized carbons (Fsp3) is 0.636. The summed E-state index contributed by atoms with van der Waals surface area (Å²) in [5, 5.41) is 2.56. The second-order valence-electron chi connectivity index (χ2n) is 3.05. The van der Waals surface area contributed by atoms with Crippen LogP contribution in [0.2, 0.25) is 0 Å². The van der Waals surface area contributed by atoms with Gasteiger partial charge in [0.2, 0.25) is 12.2 Å². The maximum Gasteiger partial charge on any atom is 0.307 e. The van der Waals surface area contributed by atoms with E-state index in [4.69, 9.17) is 9.47 Å². The molecule has 0 spiro atoms. The Balaban J connectivity index is 3.66. The largest absolute Gasteiger partial charge is 0.436 e. The maximum absolute atomic E-state index is 11.0. The van der Waals surface area contributed by atoms with Crippen LogP contribution < -0.4 is 5.32 Å². The molecule has 0 aliphatic carbocycles. The van der Waals surface area contributed by atoms with Gasteiger partial charge in [0, 0.05) is 19.4 Å². The summed E-state index contributed by atoms with van der Waals surface area (Å²) in [6.45, 7) is 7.56. The second kappa shape index (κ2) is 8.91. The standard InChI is InChI=1S/C11H19NO4/c1-4-9(13)12-7-8-15-11(6-3)16-10(14)5-2/h4,11H,1,5-8H2,2-3H3,(H,12,13). The molecule has 0 radical (unpaired) electrons. The van der Waals surface area contributed by atoms with Crippen LogP contribution in [-0.2, 0) is 19.1 Å². The Hall–Kier alpha value is -1.36. The number of rotatable bonds is 8. The summed E-state index contributed by atoms with van der Waals surface area (Å²) in [5.74, 6) is -0.538. The molecule has 1 unspecified atom stereocenters. The van der Waals surface area contributed by atoms with Crippen molar-refractivity contribution in [3.63, 3.8) is 0 Å². The topological polar surface area (TPSA) is 64.6 Å². The van der Waals surface area contributed by atoms with Crippen molar-refractivity contribution in [1.29, 1.82) is 0 Å². The molecule has 1 N–H and O–H groups in total. The van der Waals surface area contributed by atoms with Gasteiger partial charge in [-0.05, 0) is 6.08 Å². The van der Waals surface area contributed by atoms with E-state index in [1.165, 1.54) is 6.08 Å². The fourth-order valence-corrected chi connectivity index (χ4v) is 0.902. The van der Waals surface area contributed by atoms with Crippen LogP contribution in [-0.4, -0.2) is 31.3 Å². The zero-order valence-electron chi connectivity index (χ0n) is 9.82. The van der Waals surface area contributed by atoms with Gasteiger partial charge in [0.1, 0.15) is 0 Å². The Kier molecular flexibility index (Phi) is 8.15. The van der Waals surface area contributed by atoms with Gasteiger partial charge in [0.15, 0.2) is 0 Å². The van der Waals surface area contributed by atoms with Crippen LogP contribution >= 0.6 is 0 Å². The molecule has 0 aliphatic rings. The summed E-state index contributed by atoms with van der Waals surface area (Å²) in [5.41, 5.74) is 0. The first-order chi connectivity index (χ1) is 7.63. The number of carbonyl (C=O) groups is 2. The lowest BCUT2D eigenvalue weighted by Crippen LogP contribution is -2.28. The highest BCUT2D eigenvalue weighted by Crippen LogP contribution is 2.01. The first-order valence-electron chi connectivity index (χ1n) is 5.35. The van der Waals surface area contributed by atoms with Gasteiger partial charge in [-0.1, -0.05) is 20.4 Å². The summed E-state index contributed by atoms with van der Waals surface area (Å²) in [4.78, 5) is 21.8. The van der Waals surface area contributed by atoms with Gasteiger partial charge in [-0.3, -0.25) is 9.59 Å². The minimum absolute atomic E-state index is 0.248. The lowest BCUT2D eigenvalue weighted by molar-refractivity contribution is -0.178. The summed E-state index contributed by atoms with van der Waals surface area (Å²) in [7, 11) is 0. The van der Waals surface area contributed by atoms with Crippen LogP contribution in [0.1, 0.15) is 26.7 Å². The Labute approximate surface area is 95.8 Å². The zero-order valence-corrected chi connectivity index (χ0v) is 9.82. The highest BCUT2D eigenvalue weighted by atomic mass is 16.7. The van der Waals surface area contributed by atoms with Crippen LogP contribution in [0.4, 0.5) is 0 Å². The molecule has 0 heterocycles. The van der Waals surface area contributed by atoms with Crippen molar-refractivity contribution in [1.82, 2.24) is 5.32 Å². The van der Waals surface area contributed by atoms with Crippen molar-refractivity contribution in [2.24, 2.45) is 0 Å². The summed E-state index contributed by atoms with van der Waals surface area (Å²) >= 11 is 0. The SMILES string of the molecule is C=CC(=O)NCCOC(CC)OC(=O)CC. The van der Waals surface area contributed by atoms with E-state index < -0.39 is 6.29 Å². The van der Waals surface area contributed by atoms with Crippen LogP contribution in [0.5, 0.6) is 0 Å². The Bertz CT molecular complexity index is 240. The second-order valence-corrected chi connectivity index (χ2v) is 3.05. The molecule has 0 saturated heterocycles. The molecule has 0 aliphatic heterocycles. The van der Waals surface area contributed by atoms with Crippen molar-refractivity contribution < 1.29 is 19.1 Å². The molecule has 0 bridgehead atoms. The van der Waals surface area contributed by atoms with Crippen molar-refractivity contribution in [2.75, 3.05) is 13.2 Å². The average molecular weight is 229 g/mol. The van der Waals surface area contributed by atoms with Gasteiger partial charge >= 0.3 is 5.97 Å². The maximum atomic E-state index is 11.0. The molecule has 0 aromatic heterocycles. The number of ether oxygens (including phenoxy) is 2. The van der Waals surface area contributed by atoms with Gasteiger partial charge < -0.3 is 14.8 Å². The van der Waals surface area contributed by atoms with Crippen molar-refractivity contribution >= 4 is 11.9 Å². The van der Waals surface area contributed by atoms with Crippen LogP contribution in [0.15, 0.2) is 12.7 Å². The van der Waals surface area contributed by atoms with Crippen molar-refractivity contribution in [2.45, 2.75) is 33.0 Å². The number of carbonyl (C=O) groups excluding carboxylic acids is 2. The minimum Gasteiger partial charge on any atom is -0.436 e. The first-order valence-corrected chi connectivity index (χ1v) is 5.35. The lowest BCUT2D eigenvalue weighted by Gasteiger charge is -2.16. The molecule has 1 atom stereocenters. The van der Waals surface area contributed by atoms with Crippen molar-refractivity contribution in [3.8, 4) is 0 Å². The van der Waals surface area contributed by atoms with Gasteiger partial charge in [-0.2, -0.15) is 0 Å². The Morgan fingerprint density at radius 1 is 1.44 bits per heavy atom. The summed E-state index contributed by atoms with van der Waals surface area (Å²) in [6.07, 6.45) is 1.57. The number of nitrogens with one attached hydrogen (secondary N) is 1. The van der Waals surface area contributed by atoms with E-state index in [0.717, 1.165) is 0 Å². The molecule has 16 heavy (non-hydrogen) atoms. The summed E-state index contributed by atoms with van der Waals surface area (Å²) < 4.78 is 10.3. The highest BCUT2D eigenvalue weighted by Gasteiger charge is 2.10. The molecule has 0 rings (SSSR count). The molecule has 5 nitrogen and oxygen atoms in total. The van der Waals surface area contributed by atoms with Gasteiger partial charge in [0.05, 0.1) is 6.61 Å². The van der Waals surface area contributed by atoms with Crippen molar-refractivity contribution in [3.05, 3.63) is 12.7 Å². The molecule has 0 fully saturated rings. The van der Waals surface area contributed by atoms with E-state index in [0.29, 0.717) is 26.0 Å². The van der Waals surface area contributed by atoms with E-state index in [2.05, 4.69) is 11.9 Å². The third kappa shape index (κ3) is 7.00. The summed E-state index contributed by atoms with van der Waals surface area (Å²) in [6, 6.07) is 0. The number of hydrogen-bond acceptors (Lipinski definition) is 4. The molecule has 0 saturated carbocycles. The van der Waals surface area contributed by atoms with Gasteiger partial charge in [-0.15, -0.1) is 0 Å². The number of amides is 1. The molecular weight excluding hydrogens is 210 g/mol. The lowest BCUT2D eigenvalue weighted by atomic mass is 10.4. The van der Waals surface area contributed by atoms with E-state index in [-0.39, 0.29) is 11.9 Å². The quantitative estimate of drug-likeness (QED) is 0.292. The van der Waals surface area contributed by atoms with Crippen LogP contribution in [0.3, 0.4) is 0 Å². The minimum atomic E-state index is -0.534. The first kappa shape index (κ1) is 14.6. The number of hydrogen-bond donors (Lipinski definition) is 1. The van der Waals surface area contributed by atoms with Crippen LogP contribution in [0.25, 0.3) is 0 Å². The van der Waals surface area contributed by atoms with Gasteiger partial charge in [0.25, 0.3) is 0 Å². The molecule has 92 valence electrons. The third-order valence-corrected chi connectivity index (χ3v) is 1.78. The normalized spacial score (nSPS) is 11.6. The molecule has 0 aromatic carbocycles. The Morgan fingerprint density at radius 2 is 2.12 bits per heavy atom. The molecule has 0 aromatic rings. The van der Waals surface area contributed by atoms with E-state index >= 15 is 0 Å². The molecule has 1 amide bonds. The number of esters is 1. The average Bonchev–Trinajstić information content (AvgIpc) is 2.32. The fourth-order valence-electron chi connectivity index (χ4n) is 0.902. The predicted molar refractivity (Wildman–Crippen MR) is 59.6 cm³/mol. The predicted octanol–water partition coefficient (Wildman–Crippen LogP) is 0.994. The van der Waals surface area contributed by atoms with E-state index in [9.17, 15) is 9.59 Å². The molecule has 5 heteroatoms.